The molecule has 1 fully saturated rings. The molecule has 0 bridgehead atoms. The van der Waals surface area contributed by atoms with Gasteiger partial charge in [-0.3, -0.25) is 4.79 Å². The number of piperidine rings is 1. The summed E-state index contributed by atoms with van der Waals surface area (Å²) in [4.78, 5) is 31.2. The molecular formula is C20H31N5O3. The molecule has 1 aromatic carbocycles. The zero-order valence-electron chi connectivity index (χ0n) is 17.0. The van der Waals surface area contributed by atoms with Crippen LogP contribution in [0, 0.1) is 0 Å². The molecule has 8 nitrogen and oxygen atoms in total. The third-order valence-electron chi connectivity index (χ3n) is 4.69. The number of hydrogen-bond acceptors (Lipinski definition) is 4. The molecule has 1 aliphatic heterocycles. The first kappa shape index (κ1) is 21.5. The molecule has 0 aromatic heterocycles. The van der Waals surface area contributed by atoms with Gasteiger partial charge in [0.1, 0.15) is 6.54 Å². The van der Waals surface area contributed by atoms with E-state index in [4.69, 9.17) is 4.74 Å². The molecule has 1 aliphatic rings. The molecule has 0 saturated carbocycles. The van der Waals surface area contributed by atoms with E-state index in [1.165, 1.54) is 17.6 Å². The van der Waals surface area contributed by atoms with Gasteiger partial charge in [-0.05, 0) is 24.8 Å². The molecule has 0 unspecified atom stereocenters. The van der Waals surface area contributed by atoms with Crippen molar-refractivity contribution in [2.75, 3.05) is 47.4 Å². The predicted molar refractivity (Wildman–Crippen MR) is 109 cm³/mol. The topological polar surface area (TPSA) is 86.3 Å². The summed E-state index contributed by atoms with van der Waals surface area (Å²) < 4.78 is 4.78. The molecule has 154 valence electrons. The Morgan fingerprint density at radius 1 is 1.21 bits per heavy atom. The minimum Gasteiger partial charge on any atom is -0.453 e. The highest BCUT2D eigenvalue weighted by Gasteiger charge is 2.23. The standard InChI is InChI=1S/C20H31N5O3/c1-24(2)18(26)15-22-19(21-12-9-16-7-5-4-6-8-16)23-17-10-13-25(14-11-17)20(27)28-3/h4-8,17H,9-15H2,1-3H3,(H2,21,22,23). The second-order valence-corrected chi connectivity index (χ2v) is 6.99. The Labute approximate surface area is 166 Å². The van der Waals surface area contributed by atoms with Crippen molar-refractivity contribution in [2.45, 2.75) is 25.3 Å². The van der Waals surface area contributed by atoms with Gasteiger partial charge < -0.3 is 25.2 Å². The van der Waals surface area contributed by atoms with Gasteiger partial charge in [-0.15, -0.1) is 0 Å². The molecule has 2 rings (SSSR count). The van der Waals surface area contributed by atoms with E-state index in [-0.39, 0.29) is 24.6 Å². The fourth-order valence-corrected chi connectivity index (χ4v) is 2.94. The van der Waals surface area contributed by atoms with Crippen molar-refractivity contribution < 1.29 is 14.3 Å². The number of aliphatic imine (C=N–C) groups is 1. The molecule has 28 heavy (non-hydrogen) atoms. The number of hydrogen-bond donors (Lipinski definition) is 2. The van der Waals surface area contributed by atoms with E-state index in [2.05, 4.69) is 27.8 Å². The number of carbonyl (C=O) groups excluding carboxylic acids is 2. The minimum absolute atomic E-state index is 0.0512. The number of benzene rings is 1. The number of amides is 2. The summed E-state index contributed by atoms with van der Waals surface area (Å²) in [6.45, 7) is 2.08. The summed E-state index contributed by atoms with van der Waals surface area (Å²) in [7, 11) is 4.84. The summed E-state index contributed by atoms with van der Waals surface area (Å²) in [5, 5.41) is 6.72. The number of rotatable bonds is 6. The maximum atomic E-state index is 11.9. The van der Waals surface area contributed by atoms with E-state index in [1.54, 1.807) is 19.0 Å². The second-order valence-electron chi connectivity index (χ2n) is 6.99. The maximum Gasteiger partial charge on any atom is 0.409 e. The van der Waals surface area contributed by atoms with E-state index in [0.717, 1.165) is 19.3 Å². The van der Waals surface area contributed by atoms with Gasteiger partial charge in [0.25, 0.3) is 0 Å². The molecule has 2 amide bonds. The Balaban J connectivity index is 1.89. The SMILES string of the molecule is COC(=O)N1CCC(NC(=NCC(=O)N(C)C)NCCc2ccccc2)CC1. The monoisotopic (exact) mass is 389 g/mol. The first-order valence-corrected chi connectivity index (χ1v) is 9.61. The molecule has 8 heteroatoms. The van der Waals surface area contributed by atoms with Crippen LogP contribution in [-0.4, -0.2) is 81.2 Å². The molecule has 2 N–H and O–H groups in total. The zero-order valence-corrected chi connectivity index (χ0v) is 17.0. The van der Waals surface area contributed by atoms with Gasteiger partial charge in [0.2, 0.25) is 5.91 Å². The van der Waals surface area contributed by atoms with Gasteiger partial charge >= 0.3 is 6.09 Å². The largest absolute Gasteiger partial charge is 0.453 e. The summed E-state index contributed by atoms with van der Waals surface area (Å²) in [6.07, 6.45) is 2.18. The van der Waals surface area contributed by atoms with Crippen LogP contribution in [0.3, 0.4) is 0 Å². The number of nitrogens with one attached hydrogen (secondary N) is 2. The predicted octanol–water partition coefficient (Wildman–Crippen LogP) is 1.08. The first-order valence-electron chi connectivity index (χ1n) is 9.61. The highest BCUT2D eigenvalue weighted by Crippen LogP contribution is 2.11. The van der Waals surface area contributed by atoms with Crippen molar-refractivity contribution >= 4 is 18.0 Å². The number of likely N-dealkylation sites (N-methyl/N-ethyl adjacent to an activating group) is 1. The highest BCUT2D eigenvalue weighted by atomic mass is 16.5. The summed E-state index contributed by atoms with van der Waals surface area (Å²) >= 11 is 0. The Hall–Kier alpha value is -2.77. The fraction of sp³-hybridized carbons (Fsp3) is 0.550. The van der Waals surface area contributed by atoms with Gasteiger partial charge in [0.05, 0.1) is 7.11 Å². The Kier molecular flexibility index (Phi) is 8.58. The number of nitrogens with zero attached hydrogens (tertiary/aromatic N) is 3. The van der Waals surface area contributed by atoms with Crippen LogP contribution < -0.4 is 10.6 Å². The summed E-state index contributed by atoms with van der Waals surface area (Å²) in [5.74, 6) is 0.576. The quantitative estimate of drug-likeness (QED) is 0.562. The van der Waals surface area contributed by atoms with Crippen LogP contribution >= 0.6 is 0 Å². The van der Waals surface area contributed by atoms with Crippen LogP contribution in [-0.2, 0) is 16.0 Å². The number of carbonyl (C=O) groups is 2. The third kappa shape index (κ3) is 7.09. The van der Waals surface area contributed by atoms with Crippen molar-refractivity contribution in [3.05, 3.63) is 35.9 Å². The Morgan fingerprint density at radius 3 is 2.50 bits per heavy atom. The van der Waals surface area contributed by atoms with Gasteiger partial charge in [0.15, 0.2) is 5.96 Å². The average molecular weight is 390 g/mol. The lowest BCUT2D eigenvalue weighted by Gasteiger charge is -2.32. The molecule has 1 saturated heterocycles. The van der Waals surface area contributed by atoms with Gasteiger partial charge in [-0.2, -0.15) is 0 Å². The molecule has 0 spiro atoms. The van der Waals surface area contributed by atoms with Crippen LogP contribution in [0.2, 0.25) is 0 Å². The minimum atomic E-state index is -0.287. The van der Waals surface area contributed by atoms with Crippen molar-refractivity contribution in [1.82, 2.24) is 20.4 Å². The number of ether oxygens (including phenoxy) is 1. The summed E-state index contributed by atoms with van der Waals surface area (Å²) in [5.41, 5.74) is 1.24. The normalized spacial score (nSPS) is 15.1. The lowest BCUT2D eigenvalue weighted by molar-refractivity contribution is -0.127. The van der Waals surface area contributed by atoms with Gasteiger partial charge in [-0.25, -0.2) is 9.79 Å². The van der Waals surface area contributed by atoms with Gasteiger partial charge in [0, 0.05) is 39.8 Å². The fourth-order valence-electron chi connectivity index (χ4n) is 2.94. The van der Waals surface area contributed by atoms with Crippen molar-refractivity contribution in [3.63, 3.8) is 0 Å². The molecule has 1 aromatic rings. The number of likely N-dealkylation sites (tertiary alicyclic amines) is 1. The molecule has 0 aliphatic carbocycles. The van der Waals surface area contributed by atoms with E-state index >= 15 is 0 Å². The zero-order chi connectivity index (χ0) is 20.4. The number of methoxy groups -OCH3 is 1. The van der Waals surface area contributed by atoms with Crippen LogP contribution in [0.25, 0.3) is 0 Å². The molecular weight excluding hydrogens is 358 g/mol. The van der Waals surface area contributed by atoms with Crippen LogP contribution in [0.4, 0.5) is 4.79 Å². The lowest BCUT2D eigenvalue weighted by atomic mass is 10.1. The van der Waals surface area contributed by atoms with E-state index in [0.29, 0.717) is 25.6 Å². The Morgan fingerprint density at radius 2 is 1.89 bits per heavy atom. The highest BCUT2D eigenvalue weighted by molar-refractivity contribution is 5.85. The second kappa shape index (κ2) is 11.2. The van der Waals surface area contributed by atoms with Gasteiger partial charge in [-0.1, -0.05) is 30.3 Å². The van der Waals surface area contributed by atoms with Crippen LogP contribution in [0.1, 0.15) is 18.4 Å². The summed E-state index contributed by atoms with van der Waals surface area (Å²) in [6, 6.07) is 10.4. The molecule has 0 atom stereocenters. The maximum absolute atomic E-state index is 11.9. The average Bonchev–Trinajstić information content (AvgIpc) is 2.72. The Bertz CT molecular complexity index is 655. The molecule has 0 radical (unpaired) electrons. The van der Waals surface area contributed by atoms with E-state index < -0.39 is 0 Å². The molecule has 1 heterocycles. The number of guanidine groups is 1. The van der Waals surface area contributed by atoms with Crippen molar-refractivity contribution in [1.29, 1.82) is 0 Å². The lowest BCUT2D eigenvalue weighted by Crippen LogP contribution is -2.50. The smallest absolute Gasteiger partial charge is 0.409 e. The van der Waals surface area contributed by atoms with Crippen molar-refractivity contribution in [2.24, 2.45) is 4.99 Å². The third-order valence-corrected chi connectivity index (χ3v) is 4.69. The van der Waals surface area contributed by atoms with E-state index in [1.807, 2.05) is 18.2 Å². The van der Waals surface area contributed by atoms with Crippen LogP contribution in [0.5, 0.6) is 0 Å². The van der Waals surface area contributed by atoms with Crippen molar-refractivity contribution in [3.8, 4) is 0 Å². The first-order chi connectivity index (χ1) is 13.5. The van der Waals surface area contributed by atoms with Crippen LogP contribution in [0.15, 0.2) is 35.3 Å². The van der Waals surface area contributed by atoms with E-state index in [9.17, 15) is 9.59 Å².